The molecule has 1 rings (SSSR count). The molecule has 0 saturated heterocycles. The molecule has 1 atom stereocenters. The molecule has 0 aromatic carbocycles. The van der Waals surface area contributed by atoms with Crippen molar-refractivity contribution in [1.82, 2.24) is 3.93 Å². The van der Waals surface area contributed by atoms with Crippen LogP contribution in [0.1, 0.15) is 0 Å². The van der Waals surface area contributed by atoms with Crippen molar-refractivity contribution in [2.24, 2.45) is 4.99 Å². The lowest BCUT2D eigenvalue weighted by atomic mass is 10.6. The fourth-order valence-electron chi connectivity index (χ4n) is 0.376. The zero-order chi connectivity index (χ0) is 5.98. The van der Waals surface area contributed by atoms with Gasteiger partial charge in [0.25, 0.3) is 0 Å². The lowest BCUT2D eigenvalue weighted by Crippen LogP contribution is -2.14. The third-order valence-electron chi connectivity index (χ3n) is 0.727. The molecular formula is C4H4Br2N2. The van der Waals surface area contributed by atoms with Gasteiger partial charge in [0.2, 0.25) is 0 Å². The minimum absolute atomic E-state index is 0.0486. The van der Waals surface area contributed by atoms with E-state index in [1.54, 1.807) is 10.1 Å². The fourth-order valence-corrected chi connectivity index (χ4v) is 0.891. The summed E-state index contributed by atoms with van der Waals surface area (Å²) in [6.07, 6.45) is 5.48. The van der Waals surface area contributed by atoms with Gasteiger partial charge in [-0.15, -0.1) is 0 Å². The first-order chi connectivity index (χ1) is 3.80. The predicted molar refractivity (Wildman–Crippen MR) is 41.1 cm³/mol. The Morgan fingerprint density at radius 3 is 2.75 bits per heavy atom. The Kier molecular flexibility index (Phi) is 2.08. The molecule has 0 amide bonds. The summed E-state index contributed by atoms with van der Waals surface area (Å²) in [7, 11) is 0. The molecule has 8 heavy (non-hydrogen) atoms. The maximum atomic E-state index is 3.99. The van der Waals surface area contributed by atoms with Crippen LogP contribution in [0.4, 0.5) is 0 Å². The van der Waals surface area contributed by atoms with Crippen molar-refractivity contribution in [3.05, 3.63) is 12.3 Å². The molecule has 0 N–H and O–H groups in total. The van der Waals surface area contributed by atoms with Gasteiger partial charge in [-0.05, 0) is 22.0 Å². The van der Waals surface area contributed by atoms with E-state index >= 15 is 0 Å². The van der Waals surface area contributed by atoms with Crippen LogP contribution < -0.4 is 0 Å². The second-order valence-electron chi connectivity index (χ2n) is 1.29. The summed E-state index contributed by atoms with van der Waals surface area (Å²) in [6.45, 7) is 0. The van der Waals surface area contributed by atoms with Crippen LogP contribution in [0.2, 0.25) is 0 Å². The van der Waals surface area contributed by atoms with Gasteiger partial charge < -0.3 is 0 Å². The summed E-state index contributed by atoms with van der Waals surface area (Å²) in [5.41, 5.74) is 0. The van der Waals surface area contributed by atoms with Crippen LogP contribution >= 0.6 is 32.1 Å². The van der Waals surface area contributed by atoms with Crippen LogP contribution in [-0.4, -0.2) is 15.2 Å². The Hall–Kier alpha value is 0.170. The number of nitrogens with zero attached hydrogens (tertiary/aromatic N) is 2. The Labute approximate surface area is 64.7 Å². The molecule has 0 fully saturated rings. The maximum Gasteiger partial charge on any atom is 0.186 e. The highest BCUT2D eigenvalue weighted by Gasteiger charge is 2.05. The number of rotatable bonds is 0. The lowest BCUT2D eigenvalue weighted by Gasteiger charge is -2.15. The van der Waals surface area contributed by atoms with Crippen LogP contribution in [-0.2, 0) is 0 Å². The second kappa shape index (κ2) is 2.64. The van der Waals surface area contributed by atoms with Gasteiger partial charge in [0.15, 0.2) is 5.08 Å². The standard InChI is InChI=1S/C4H4Br2N2/c5-4-7-2-1-3-8(4)6/h1-4H. The number of hydrogen-bond acceptors (Lipinski definition) is 2. The van der Waals surface area contributed by atoms with E-state index in [0.717, 1.165) is 0 Å². The molecule has 0 spiro atoms. The van der Waals surface area contributed by atoms with Gasteiger partial charge in [-0.3, -0.25) is 8.92 Å². The molecule has 1 aliphatic heterocycles. The number of allylic oxidation sites excluding steroid dienone is 1. The molecule has 1 heterocycles. The van der Waals surface area contributed by atoms with Crippen LogP contribution in [0.5, 0.6) is 0 Å². The average Bonchev–Trinajstić information content (AvgIpc) is 1.77. The number of halogens is 2. The summed E-state index contributed by atoms with van der Waals surface area (Å²) in [6, 6.07) is 0. The second-order valence-corrected chi connectivity index (χ2v) is 2.93. The summed E-state index contributed by atoms with van der Waals surface area (Å²) < 4.78 is 1.78. The molecule has 4 heteroatoms. The molecule has 1 aliphatic rings. The molecule has 44 valence electrons. The predicted octanol–water partition coefficient (Wildman–Crippen LogP) is 1.87. The van der Waals surface area contributed by atoms with Crippen LogP contribution in [0.25, 0.3) is 0 Å². The van der Waals surface area contributed by atoms with Crippen molar-refractivity contribution in [3.63, 3.8) is 0 Å². The molecule has 1 unspecified atom stereocenters. The van der Waals surface area contributed by atoms with Gasteiger partial charge in [0.05, 0.1) is 16.1 Å². The van der Waals surface area contributed by atoms with Crippen molar-refractivity contribution in [3.8, 4) is 0 Å². The maximum absolute atomic E-state index is 3.99. The van der Waals surface area contributed by atoms with Crippen molar-refractivity contribution < 1.29 is 0 Å². The van der Waals surface area contributed by atoms with Crippen LogP contribution in [0.15, 0.2) is 17.3 Å². The first-order valence-electron chi connectivity index (χ1n) is 2.09. The van der Waals surface area contributed by atoms with E-state index in [-0.39, 0.29) is 5.08 Å². The molecule has 0 aliphatic carbocycles. The van der Waals surface area contributed by atoms with Crippen molar-refractivity contribution in [2.45, 2.75) is 5.08 Å². The molecule has 0 radical (unpaired) electrons. The van der Waals surface area contributed by atoms with E-state index in [9.17, 15) is 0 Å². The Bertz CT molecular complexity index is 116. The van der Waals surface area contributed by atoms with E-state index in [1.807, 2.05) is 12.3 Å². The SMILES string of the molecule is BrC1N=CC=CN1Br. The number of alkyl halides is 1. The van der Waals surface area contributed by atoms with E-state index in [4.69, 9.17) is 0 Å². The van der Waals surface area contributed by atoms with E-state index < -0.39 is 0 Å². The van der Waals surface area contributed by atoms with Crippen molar-refractivity contribution >= 4 is 38.3 Å². The molecule has 0 aromatic rings. The zero-order valence-corrected chi connectivity index (χ0v) is 7.13. The minimum atomic E-state index is 0.0486. The molecular weight excluding hydrogens is 236 g/mol. The Morgan fingerprint density at radius 1 is 1.62 bits per heavy atom. The topological polar surface area (TPSA) is 15.6 Å². The Balaban J connectivity index is 2.59. The highest BCUT2D eigenvalue weighted by atomic mass is 79.9. The Morgan fingerprint density at radius 2 is 2.38 bits per heavy atom. The summed E-state index contributed by atoms with van der Waals surface area (Å²) >= 11 is 6.52. The molecule has 2 nitrogen and oxygen atoms in total. The van der Waals surface area contributed by atoms with Crippen molar-refractivity contribution in [1.29, 1.82) is 0 Å². The van der Waals surface area contributed by atoms with Crippen molar-refractivity contribution in [2.75, 3.05) is 0 Å². The monoisotopic (exact) mass is 238 g/mol. The van der Waals surface area contributed by atoms with Gasteiger partial charge in [-0.2, -0.15) is 0 Å². The van der Waals surface area contributed by atoms with E-state index in [0.29, 0.717) is 0 Å². The number of aliphatic imine (C=N–C) groups is 1. The lowest BCUT2D eigenvalue weighted by molar-refractivity contribution is 0.620. The highest BCUT2D eigenvalue weighted by Crippen LogP contribution is 2.15. The molecule has 0 bridgehead atoms. The first kappa shape index (κ1) is 6.29. The van der Waals surface area contributed by atoms with Gasteiger partial charge in [-0.1, -0.05) is 0 Å². The average molecular weight is 240 g/mol. The van der Waals surface area contributed by atoms with Gasteiger partial charge in [-0.25, -0.2) is 0 Å². The third-order valence-corrected chi connectivity index (χ3v) is 2.58. The van der Waals surface area contributed by atoms with Crippen LogP contribution in [0.3, 0.4) is 0 Å². The number of hydrogen-bond donors (Lipinski definition) is 0. The summed E-state index contributed by atoms with van der Waals surface area (Å²) in [5.74, 6) is 0. The highest BCUT2D eigenvalue weighted by molar-refractivity contribution is 9.11. The third kappa shape index (κ3) is 1.32. The summed E-state index contributed by atoms with van der Waals surface area (Å²) in [5, 5.41) is 0.0486. The summed E-state index contributed by atoms with van der Waals surface area (Å²) in [4.78, 5) is 3.99. The zero-order valence-electron chi connectivity index (χ0n) is 3.96. The first-order valence-corrected chi connectivity index (χ1v) is 3.71. The van der Waals surface area contributed by atoms with Gasteiger partial charge >= 0.3 is 0 Å². The fraction of sp³-hybridized carbons (Fsp3) is 0.250. The normalized spacial score (nSPS) is 26.8. The quantitative estimate of drug-likeness (QED) is 0.358. The largest absolute Gasteiger partial charge is 0.283 e. The van der Waals surface area contributed by atoms with E-state index in [2.05, 4.69) is 37.1 Å². The molecule has 0 saturated carbocycles. The smallest absolute Gasteiger partial charge is 0.186 e. The van der Waals surface area contributed by atoms with Gasteiger partial charge in [0.1, 0.15) is 0 Å². The van der Waals surface area contributed by atoms with Gasteiger partial charge in [0, 0.05) is 12.4 Å². The van der Waals surface area contributed by atoms with Crippen LogP contribution in [0, 0.1) is 0 Å². The minimum Gasteiger partial charge on any atom is -0.283 e. The van der Waals surface area contributed by atoms with E-state index in [1.165, 1.54) is 0 Å². The molecule has 0 aromatic heterocycles.